The number of rotatable bonds is 7. The van der Waals surface area contributed by atoms with Gasteiger partial charge in [-0.25, -0.2) is 0 Å². The van der Waals surface area contributed by atoms with Crippen molar-refractivity contribution in [3.8, 4) is 0 Å². The van der Waals surface area contributed by atoms with E-state index in [9.17, 15) is 0 Å². The average Bonchev–Trinajstić information content (AvgIpc) is 2.53. The van der Waals surface area contributed by atoms with Crippen molar-refractivity contribution in [2.75, 3.05) is 6.54 Å². The molecule has 1 unspecified atom stereocenters. The Morgan fingerprint density at radius 3 is 2.59 bits per heavy atom. The quantitative estimate of drug-likeness (QED) is 0.790. The number of hydrogen-bond acceptors (Lipinski definition) is 2. The van der Waals surface area contributed by atoms with Gasteiger partial charge in [-0.15, -0.1) is 0 Å². The molecule has 98 valence electrons. The van der Waals surface area contributed by atoms with Gasteiger partial charge in [0.25, 0.3) is 0 Å². The van der Waals surface area contributed by atoms with Crippen molar-refractivity contribution in [1.29, 1.82) is 0 Å². The summed E-state index contributed by atoms with van der Waals surface area (Å²) in [5.41, 5.74) is 2.46. The smallest absolute Gasteiger partial charge is 0.0596 e. The number of nitrogens with one attached hydrogen (secondary N) is 1. The first-order valence-electron chi connectivity index (χ1n) is 6.75. The van der Waals surface area contributed by atoms with E-state index in [1.807, 2.05) is 11.7 Å². The van der Waals surface area contributed by atoms with Gasteiger partial charge < -0.3 is 5.32 Å². The lowest BCUT2D eigenvalue weighted by Gasteiger charge is -2.19. The van der Waals surface area contributed by atoms with Crippen LogP contribution < -0.4 is 5.32 Å². The van der Waals surface area contributed by atoms with E-state index in [2.05, 4.69) is 44.2 Å². The molecule has 0 amide bonds. The van der Waals surface area contributed by atoms with Gasteiger partial charge in [0.2, 0.25) is 0 Å². The molecule has 0 saturated heterocycles. The fourth-order valence-electron chi connectivity index (χ4n) is 2.38. The molecular formula is C14H27N3. The summed E-state index contributed by atoms with van der Waals surface area (Å²) in [6.07, 6.45) is 3.57. The van der Waals surface area contributed by atoms with E-state index < -0.39 is 0 Å². The molecule has 0 saturated carbocycles. The molecule has 0 aliphatic rings. The predicted molar refractivity (Wildman–Crippen MR) is 73.2 cm³/mol. The number of aromatic nitrogens is 2. The van der Waals surface area contributed by atoms with Crippen molar-refractivity contribution >= 4 is 0 Å². The zero-order valence-corrected chi connectivity index (χ0v) is 12.0. The van der Waals surface area contributed by atoms with Crippen molar-refractivity contribution in [2.45, 2.75) is 53.0 Å². The molecule has 17 heavy (non-hydrogen) atoms. The first kappa shape index (κ1) is 14.2. The van der Waals surface area contributed by atoms with Crippen LogP contribution in [0.4, 0.5) is 0 Å². The second-order valence-corrected chi connectivity index (χ2v) is 5.32. The van der Waals surface area contributed by atoms with Crippen molar-refractivity contribution in [3.05, 3.63) is 17.5 Å². The Kier molecular flexibility index (Phi) is 5.69. The number of hydrogen-bond donors (Lipinski definition) is 1. The topological polar surface area (TPSA) is 29.9 Å². The Morgan fingerprint density at radius 2 is 2.12 bits per heavy atom. The largest absolute Gasteiger partial charge is 0.314 e. The van der Waals surface area contributed by atoms with Crippen molar-refractivity contribution in [3.63, 3.8) is 0 Å². The van der Waals surface area contributed by atoms with Crippen LogP contribution >= 0.6 is 0 Å². The summed E-state index contributed by atoms with van der Waals surface area (Å²) in [7, 11) is 2.03. The molecule has 0 aliphatic carbocycles. The molecule has 0 aromatic carbocycles. The van der Waals surface area contributed by atoms with Crippen LogP contribution in [0.1, 0.15) is 45.0 Å². The van der Waals surface area contributed by atoms with Gasteiger partial charge in [0.1, 0.15) is 0 Å². The van der Waals surface area contributed by atoms with Crippen molar-refractivity contribution in [1.82, 2.24) is 15.1 Å². The molecule has 1 aromatic heterocycles. The highest BCUT2D eigenvalue weighted by Crippen LogP contribution is 2.12. The highest BCUT2D eigenvalue weighted by Gasteiger charge is 2.11. The highest BCUT2D eigenvalue weighted by atomic mass is 15.3. The van der Waals surface area contributed by atoms with E-state index in [-0.39, 0.29) is 0 Å². The number of nitrogens with zero attached hydrogens (tertiary/aromatic N) is 2. The molecule has 0 spiro atoms. The minimum absolute atomic E-state index is 0.634. The maximum absolute atomic E-state index is 4.39. The van der Waals surface area contributed by atoms with E-state index >= 15 is 0 Å². The third-order valence-electron chi connectivity index (χ3n) is 3.10. The zero-order chi connectivity index (χ0) is 12.8. The van der Waals surface area contributed by atoms with Crippen LogP contribution in [0.5, 0.6) is 0 Å². The van der Waals surface area contributed by atoms with Gasteiger partial charge in [0.05, 0.1) is 5.69 Å². The summed E-state index contributed by atoms with van der Waals surface area (Å²) in [4.78, 5) is 0. The Balaban J connectivity index is 2.48. The molecule has 1 rings (SSSR count). The Hall–Kier alpha value is -0.830. The standard InChI is InChI=1S/C14H27N3/c1-6-15-13(9-11(2)3)7-8-14-10-12(4)16-17(14)5/h10-11,13,15H,6-9H2,1-5H3. The SMILES string of the molecule is CCNC(CCc1cc(C)nn1C)CC(C)C. The van der Waals surface area contributed by atoms with Crippen LogP contribution in [-0.2, 0) is 13.5 Å². The molecule has 1 heterocycles. The third-order valence-corrected chi connectivity index (χ3v) is 3.10. The second kappa shape index (κ2) is 6.80. The summed E-state index contributed by atoms with van der Waals surface area (Å²) in [6, 6.07) is 2.83. The highest BCUT2D eigenvalue weighted by molar-refractivity contribution is 5.08. The Labute approximate surface area is 106 Å². The van der Waals surface area contributed by atoms with Crippen LogP contribution in [-0.4, -0.2) is 22.4 Å². The predicted octanol–water partition coefficient (Wildman–Crippen LogP) is 2.69. The van der Waals surface area contributed by atoms with E-state index in [4.69, 9.17) is 0 Å². The van der Waals surface area contributed by atoms with Gasteiger partial charge in [-0.05, 0) is 44.7 Å². The monoisotopic (exact) mass is 237 g/mol. The molecule has 1 atom stereocenters. The van der Waals surface area contributed by atoms with Crippen molar-refractivity contribution < 1.29 is 0 Å². The van der Waals surface area contributed by atoms with Gasteiger partial charge in [0.15, 0.2) is 0 Å². The maximum atomic E-state index is 4.39. The van der Waals surface area contributed by atoms with Gasteiger partial charge >= 0.3 is 0 Å². The van der Waals surface area contributed by atoms with Crippen LogP contribution in [0, 0.1) is 12.8 Å². The summed E-state index contributed by atoms with van der Waals surface area (Å²) < 4.78 is 2.01. The lowest BCUT2D eigenvalue weighted by Crippen LogP contribution is -2.30. The first-order valence-corrected chi connectivity index (χ1v) is 6.75. The Bertz CT molecular complexity index is 328. The molecule has 0 aliphatic heterocycles. The summed E-state index contributed by atoms with van der Waals surface area (Å²) in [5.74, 6) is 0.757. The molecule has 0 radical (unpaired) electrons. The molecular weight excluding hydrogens is 210 g/mol. The van der Waals surface area contributed by atoms with Gasteiger partial charge in [0, 0.05) is 18.8 Å². The number of aryl methyl sites for hydroxylation is 3. The van der Waals surface area contributed by atoms with E-state index in [1.165, 1.54) is 18.5 Å². The normalized spacial score (nSPS) is 13.3. The zero-order valence-electron chi connectivity index (χ0n) is 12.0. The first-order chi connectivity index (χ1) is 8.02. The minimum Gasteiger partial charge on any atom is -0.314 e. The van der Waals surface area contributed by atoms with Crippen LogP contribution in [0.25, 0.3) is 0 Å². The van der Waals surface area contributed by atoms with E-state index in [1.54, 1.807) is 0 Å². The van der Waals surface area contributed by atoms with Crippen LogP contribution in [0.2, 0.25) is 0 Å². The van der Waals surface area contributed by atoms with Gasteiger partial charge in [-0.3, -0.25) is 4.68 Å². The average molecular weight is 237 g/mol. The second-order valence-electron chi connectivity index (χ2n) is 5.32. The molecule has 0 fully saturated rings. The fourth-order valence-corrected chi connectivity index (χ4v) is 2.38. The van der Waals surface area contributed by atoms with Crippen molar-refractivity contribution in [2.24, 2.45) is 13.0 Å². The Morgan fingerprint density at radius 1 is 1.41 bits per heavy atom. The molecule has 1 aromatic rings. The van der Waals surface area contributed by atoms with Gasteiger partial charge in [-0.2, -0.15) is 5.10 Å². The lowest BCUT2D eigenvalue weighted by atomic mass is 9.99. The van der Waals surface area contributed by atoms with Gasteiger partial charge in [-0.1, -0.05) is 20.8 Å². The van der Waals surface area contributed by atoms with Crippen LogP contribution in [0.15, 0.2) is 6.07 Å². The molecule has 3 heteroatoms. The minimum atomic E-state index is 0.634. The molecule has 3 nitrogen and oxygen atoms in total. The molecule has 1 N–H and O–H groups in total. The third kappa shape index (κ3) is 4.90. The maximum Gasteiger partial charge on any atom is 0.0596 e. The molecule has 0 bridgehead atoms. The fraction of sp³-hybridized carbons (Fsp3) is 0.786. The summed E-state index contributed by atoms with van der Waals surface area (Å²) in [6.45, 7) is 9.87. The summed E-state index contributed by atoms with van der Waals surface area (Å²) in [5, 5.41) is 7.97. The lowest BCUT2D eigenvalue weighted by molar-refractivity contribution is 0.402. The van der Waals surface area contributed by atoms with Crippen LogP contribution in [0.3, 0.4) is 0 Å². The van der Waals surface area contributed by atoms with E-state index in [0.717, 1.165) is 24.6 Å². The summed E-state index contributed by atoms with van der Waals surface area (Å²) >= 11 is 0. The van der Waals surface area contributed by atoms with E-state index in [0.29, 0.717) is 6.04 Å².